The Morgan fingerprint density at radius 2 is 1.75 bits per heavy atom. The second kappa shape index (κ2) is 9.17. The van der Waals surface area contributed by atoms with Crippen molar-refractivity contribution >= 4 is 49.0 Å². The number of anilines is 2. The van der Waals surface area contributed by atoms with E-state index in [1.54, 1.807) is 43.3 Å². The average Bonchev–Trinajstić information content (AvgIpc) is 3.46. The van der Waals surface area contributed by atoms with Crippen molar-refractivity contribution in [2.75, 3.05) is 16.7 Å². The van der Waals surface area contributed by atoms with Crippen molar-refractivity contribution < 1.29 is 17.6 Å². The minimum absolute atomic E-state index is 0.0630. The number of aryl methyl sites for hydroxylation is 1. The highest BCUT2D eigenvalue weighted by atomic mass is 32.2. The molecule has 0 aliphatic carbocycles. The van der Waals surface area contributed by atoms with Crippen LogP contribution in [-0.2, 0) is 10.0 Å². The molecule has 0 aliphatic rings. The van der Waals surface area contributed by atoms with Gasteiger partial charge in [-0.15, -0.1) is 0 Å². The first kappa shape index (κ1) is 23.6. The van der Waals surface area contributed by atoms with E-state index in [2.05, 4.69) is 15.4 Å². The molecule has 0 bridgehead atoms. The van der Waals surface area contributed by atoms with Crippen molar-refractivity contribution in [2.45, 2.75) is 11.8 Å². The van der Waals surface area contributed by atoms with Crippen LogP contribution < -0.4 is 9.62 Å². The number of sulfonamides is 1. The van der Waals surface area contributed by atoms with Crippen LogP contribution in [0.2, 0.25) is 0 Å². The molecule has 0 spiro atoms. The molecule has 0 radical (unpaired) electrons. The molecule has 1 N–H and O–H groups in total. The summed E-state index contributed by atoms with van der Waals surface area (Å²) in [4.78, 5) is 17.5. The second-order valence-electron chi connectivity index (χ2n) is 7.98. The fraction of sp³-hybridized carbons (Fsp3) is 0.0800. The van der Waals surface area contributed by atoms with Gasteiger partial charge in [0.05, 0.1) is 26.5 Å². The van der Waals surface area contributed by atoms with E-state index in [-0.39, 0.29) is 16.3 Å². The molecular formula is C25H20FN5O3S2. The molecule has 0 fully saturated rings. The number of thiazole rings is 1. The summed E-state index contributed by atoms with van der Waals surface area (Å²) in [5, 5.41) is 7.69. The van der Waals surface area contributed by atoms with Crippen molar-refractivity contribution in [1.29, 1.82) is 0 Å². The number of benzene rings is 3. The number of amides is 1. The summed E-state index contributed by atoms with van der Waals surface area (Å²) >= 11 is 1.25. The van der Waals surface area contributed by atoms with Gasteiger partial charge in [-0.3, -0.25) is 9.10 Å². The van der Waals surface area contributed by atoms with E-state index in [0.29, 0.717) is 32.5 Å². The average molecular weight is 522 g/mol. The molecule has 0 atom stereocenters. The molecule has 1 amide bonds. The number of nitrogens with zero attached hydrogens (tertiary/aromatic N) is 4. The number of hydrogen-bond acceptors (Lipinski definition) is 6. The van der Waals surface area contributed by atoms with E-state index in [4.69, 9.17) is 0 Å². The van der Waals surface area contributed by atoms with Gasteiger partial charge in [-0.1, -0.05) is 29.5 Å². The van der Waals surface area contributed by atoms with E-state index < -0.39 is 15.9 Å². The predicted molar refractivity (Wildman–Crippen MR) is 138 cm³/mol. The topological polar surface area (TPSA) is 97.2 Å². The molecule has 2 heterocycles. The van der Waals surface area contributed by atoms with E-state index >= 15 is 0 Å². The van der Waals surface area contributed by atoms with Gasteiger partial charge in [0.15, 0.2) is 0 Å². The number of hydrogen-bond donors (Lipinski definition) is 1. The molecule has 3 aromatic carbocycles. The highest BCUT2D eigenvalue weighted by molar-refractivity contribution is 7.92. The fourth-order valence-corrected chi connectivity index (χ4v) is 5.76. The number of aromatic nitrogens is 3. The number of para-hydroxylation sites is 1. The first-order valence-electron chi connectivity index (χ1n) is 10.8. The molecule has 182 valence electrons. The van der Waals surface area contributed by atoms with Crippen LogP contribution in [0.5, 0.6) is 0 Å². The lowest BCUT2D eigenvalue weighted by atomic mass is 10.2. The van der Waals surface area contributed by atoms with Gasteiger partial charge in [-0.2, -0.15) is 9.78 Å². The largest absolute Gasteiger partial charge is 0.306 e. The molecule has 0 aliphatic heterocycles. The number of carbonyl (C=O) groups excluding carboxylic acids is 1. The maximum absolute atomic E-state index is 13.6. The minimum Gasteiger partial charge on any atom is -0.306 e. The van der Waals surface area contributed by atoms with Gasteiger partial charge in [0.25, 0.3) is 15.9 Å². The Balaban J connectivity index is 1.38. The third-order valence-corrected chi connectivity index (χ3v) is 8.28. The number of fused-ring (bicyclic) bond motifs is 1. The van der Waals surface area contributed by atoms with Gasteiger partial charge < -0.3 is 5.32 Å². The van der Waals surface area contributed by atoms with Crippen LogP contribution in [-0.4, -0.2) is 36.1 Å². The number of nitrogens with one attached hydrogen (secondary N) is 1. The number of halogens is 1. The van der Waals surface area contributed by atoms with Crippen LogP contribution in [0.3, 0.4) is 0 Å². The van der Waals surface area contributed by atoms with Gasteiger partial charge >= 0.3 is 0 Å². The Hall–Kier alpha value is -4.09. The van der Waals surface area contributed by atoms with Gasteiger partial charge in [0.2, 0.25) is 5.13 Å². The highest BCUT2D eigenvalue weighted by Gasteiger charge is 2.22. The highest BCUT2D eigenvalue weighted by Crippen LogP contribution is 2.28. The Labute approximate surface area is 210 Å². The predicted octanol–water partition coefficient (Wildman–Crippen LogP) is 5.01. The summed E-state index contributed by atoms with van der Waals surface area (Å²) in [6.45, 7) is 1.78. The third kappa shape index (κ3) is 4.45. The summed E-state index contributed by atoms with van der Waals surface area (Å²) in [5.41, 5.74) is 2.08. The summed E-state index contributed by atoms with van der Waals surface area (Å²) < 4.78 is 42.9. The van der Waals surface area contributed by atoms with Crippen molar-refractivity contribution in [3.63, 3.8) is 0 Å². The Bertz CT molecular complexity index is 1680. The maximum atomic E-state index is 13.6. The maximum Gasteiger partial charge on any atom is 0.264 e. The van der Waals surface area contributed by atoms with E-state index in [1.807, 2.05) is 6.07 Å². The van der Waals surface area contributed by atoms with Crippen molar-refractivity contribution in [3.05, 3.63) is 95.9 Å². The summed E-state index contributed by atoms with van der Waals surface area (Å²) in [5.74, 6) is -0.412. The molecule has 5 rings (SSSR count). The standard InChI is InChI=1S/C25H20FN5O3S2/c1-16-14-23(31(29-16)25-27-21-13-10-18(26)15-22(21)35-25)28-24(32)17-8-11-20(12-9-17)36(33,34)30(2)19-6-4-3-5-7-19/h3-15H,1-2H3,(H,28,32). The quantitative estimate of drug-likeness (QED) is 0.339. The molecule has 0 saturated heterocycles. The van der Waals surface area contributed by atoms with Crippen molar-refractivity contribution in [3.8, 4) is 5.13 Å². The summed E-state index contributed by atoms with van der Waals surface area (Å²) in [7, 11) is -2.32. The molecule has 2 aromatic heterocycles. The lowest BCUT2D eigenvalue weighted by Crippen LogP contribution is -2.26. The second-order valence-corrected chi connectivity index (χ2v) is 11.0. The van der Waals surface area contributed by atoms with Crippen LogP contribution in [0.15, 0.2) is 83.8 Å². The van der Waals surface area contributed by atoms with Crippen LogP contribution >= 0.6 is 11.3 Å². The molecule has 5 aromatic rings. The van der Waals surface area contributed by atoms with E-state index in [9.17, 15) is 17.6 Å². The monoisotopic (exact) mass is 521 g/mol. The molecule has 11 heteroatoms. The van der Waals surface area contributed by atoms with Crippen molar-refractivity contribution in [2.24, 2.45) is 0 Å². The molecular weight excluding hydrogens is 501 g/mol. The first-order chi connectivity index (χ1) is 17.2. The minimum atomic E-state index is -3.79. The molecule has 0 saturated carbocycles. The van der Waals surface area contributed by atoms with Gasteiger partial charge in [-0.05, 0) is 61.5 Å². The van der Waals surface area contributed by atoms with E-state index in [0.717, 1.165) is 0 Å². The molecule has 36 heavy (non-hydrogen) atoms. The van der Waals surface area contributed by atoms with E-state index in [1.165, 1.54) is 63.8 Å². The normalized spacial score (nSPS) is 11.5. The summed E-state index contributed by atoms with van der Waals surface area (Å²) in [6.07, 6.45) is 0. The number of carbonyl (C=O) groups is 1. The van der Waals surface area contributed by atoms with Crippen LogP contribution in [0.4, 0.5) is 15.9 Å². The van der Waals surface area contributed by atoms with Crippen LogP contribution in [0.1, 0.15) is 16.1 Å². The third-order valence-electron chi connectivity index (χ3n) is 5.49. The van der Waals surface area contributed by atoms with Crippen LogP contribution in [0, 0.1) is 12.7 Å². The SMILES string of the molecule is Cc1cc(NC(=O)c2ccc(S(=O)(=O)N(C)c3ccccc3)cc2)n(-c2nc3ccc(F)cc3s2)n1. The smallest absolute Gasteiger partial charge is 0.264 e. The van der Waals surface area contributed by atoms with Gasteiger partial charge in [0.1, 0.15) is 11.6 Å². The zero-order valence-corrected chi connectivity index (χ0v) is 20.8. The van der Waals surface area contributed by atoms with Crippen molar-refractivity contribution in [1.82, 2.24) is 14.8 Å². The summed E-state index contributed by atoms with van der Waals surface area (Å²) in [6, 6.07) is 20.4. The zero-order chi connectivity index (χ0) is 25.4. The Kier molecular flexibility index (Phi) is 6.02. The first-order valence-corrected chi connectivity index (χ1v) is 13.1. The molecule has 8 nitrogen and oxygen atoms in total. The lowest BCUT2D eigenvalue weighted by Gasteiger charge is -2.19. The van der Waals surface area contributed by atoms with Gasteiger partial charge in [-0.25, -0.2) is 17.8 Å². The fourth-order valence-electron chi connectivity index (χ4n) is 3.61. The van der Waals surface area contributed by atoms with Gasteiger partial charge in [0, 0.05) is 18.7 Å². The molecule has 0 unspecified atom stereocenters. The van der Waals surface area contributed by atoms with Crippen LogP contribution in [0.25, 0.3) is 15.3 Å². The zero-order valence-electron chi connectivity index (χ0n) is 19.2. The lowest BCUT2D eigenvalue weighted by molar-refractivity contribution is 0.102. The Morgan fingerprint density at radius 1 is 1.03 bits per heavy atom. The number of rotatable bonds is 6. The Morgan fingerprint density at radius 3 is 2.47 bits per heavy atom.